The lowest BCUT2D eigenvalue weighted by Crippen LogP contribution is -2.52. The maximum absolute atomic E-state index is 14.1. The number of nitrogens with zero attached hydrogens (tertiary/aromatic N) is 2. The summed E-state index contributed by atoms with van der Waals surface area (Å²) < 4.78 is 17.2. The lowest BCUT2D eigenvalue weighted by atomic mass is 10.00. The van der Waals surface area contributed by atoms with Gasteiger partial charge in [0.25, 0.3) is 0 Å². The number of benzene rings is 3. The van der Waals surface area contributed by atoms with E-state index in [-0.39, 0.29) is 30.7 Å². The zero-order valence-electron chi connectivity index (χ0n) is 24.3. The summed E-state index contributed by atoms with van der Waals surface area (Å²) in [6.07, 6.45) is -0.446. The molecule has 2 amide bonds. The number of ether oxygens (including phenoxy) is 3. The van der Waals surface area contributed by atoms with Crippen LogP contribution in [0.3, 0.4) is 0 Å². The van der Waals surface area contributed by atoms with E-state index in [0.29, 0.717) is 23.7 Å². The predicted octanol–water partition coefficient (Wildman–Crippen LogP) is 4.69. The summed E-state index contributed by atoms with van der Waals surface area (Å²) in [5, 5.41) is 14.2. The Bertz CT molecular complexity index is 1450. The Labute approximate surface area is 239 Å². The van der Waals surface area contributed by atoms with Crippen molar-refractivity contribution in [2.45, 2.75) is 51.9 Å². The van der Waals surface area contributed by atoms with Gasteiger partial charge in [-0.05, 0) is 68.8 Å². The summed E-state index contributed by atoms with van der Waals surface area (Å²) in [5.41, 5.74) is 0.909. The van der Waals surface area contributed by atoms with E-state index in [1.54, 1.807) is 49.4 Å². The number of fused-ring (bicyclic) bond motifs is 2. The molecule has 1 aliphatic heterocycles. The average molecular weight is 564 g/mol. The van der Waals surface area contributed by atoms with E-state index in [1.807, 2.05) is 52.0 Å². The number of para-hydroxylation sites is 2. The number of anilines is 1. The maximum atomic E-state index is 14.1. The number of hydrogen-bond donors (Lipinski definition) is 2. The second-order valence-electron chi connectivity index (χ2n) is 11.1. The topological polar surface area (TPSA) is 118 Å². The quantitative estimate of drug-likeness (QED) is 0.406. The van der Waals surface area contributed by atoms with Crippen molar-refractivity contribution in [2.75, 3.05) is 32.2 Å². The first kappa shape index (κ1) is 29.7. The first-order chi connectivity index (χ1) is 19.4. The summed E-state index contributed by atoms with van der Waals surface area (Å²) >= 11 is 0. The molecule has 2 atom stereocenters. The SMILES string of the molecule is COc1ccc2cc(C(=O)O)ccc2c1CN1C(=O)[C@@H](NC[C@H](C)N(C)C(=O)OC(C)(C)C)COc2ccccc21. The summed E-state index contributed by atoms with van der Waals surface area (Å²) in [4.78, 5) is 41.3. The summed E-state index contributed by atoms with van der Waals surface area (Å²) in [5.74, 6) is -0.0774. The number of likely N-dealkylation sites (N-methyl/N-ethyl adjacent to an activating group) is 1. The number of methoxy groups -OCH3 is 1. The van der Waals surface area contributed by atoms with Gasteiger partial charge in [0.1, 0.15) is 29.7 Å². The van der Waals surface area contributed by atoms with Crippen LogP contribution in [0.25, 0.3) is 10.8 Å². The summed E-state index contributed by atoms with van der Waals surface area (Å²) in [6.45, 7) is 7.90. The van der Waals surface area contributed by atoms with Crippen molar-refractivity contribution in [2.24, 2.45) is 0 Å². The van der Waals surface area contributed by atoms with Crippen molar-refractivity contribution in [3.8, 4) is 11.5 Å². The Morgan fingerprint density at radius 2 is 1.90 bits per heavy atom. The average Bonchev–Trinajstić information content (AvgIpc) is 3.06. The van der Waals surface area contributed by atoms with Gasteiger partial charge in [-0.25, -0.2) is 9.59 Å². The van der Waals surface area contributed by atoms with Crippen LogP contribution in [0.5, 0.6) is 11.5 Å². The van der Waals surface area contributed by atoms with E-state index >= 15 is 0 Å². The molecule has 218 valence electrons. The van der Waals surface area contributed by atoms with Gasteiger partial charge in [-0.15, -0.1) is 0 Å². The van der Waals surface area contributed by atoms with E-state index < -0.39 is 23.7 Å². The Kier molecular flexibility index (Phi) is 8.72. The smallest absolute Gasteiger partial charge is 0.410 e. The van der Waals surface area contributed by atoms with Crippen LogP contribution in [0.1, 0.15) is 43.6 Å². The van der Waals surface area contributed by atoms with Crippen molar-refractivity contribution in [3.63, 3.8) is 0 Å². The van der Waals surface area contributed by atoms with Gasteiger partial charge in [0.15, 0.2) is 0 Å². The molecule has 0 aromatic heterocycles. The Hall–Kier alpha value is -4.31. The molecular formula is C31H37N3O7. The molecule has 10 nitrogen and oxygen atoms in total. The molecule has 1 aliphatic rings. The Morgan fingerprint density at radius 3 is 2.59 bits per heavy atom. The number of carboxylic acid groups (broad SMARTS) is 1. The van der Waals surface area contributed by atoms with Crippen molar-refractivity contribution >= 4 is 34.4 Å². The molecule has 0 radical (unpaired) electrons. The van der Waals surface area contributed by atoms with Crippen molar-refractivity contribution in [1.29, 1.82) is 0 Å². The van der Waals surface area contributed by atoms with Gasteiger partial charge in [0.05, 0.1) is 24.9 Å². The van der Waals surface area contributed by atoms with E-state index in [0.717, 1.165) is 16.3 Å². The first-order valence-corrected chi connectivity index (χ1v) is 13.4. The fourth-order valence-electron chi connectivity index (χ4n) is 4.65. The van der Waals surface area contributed by atoms with Gasteiger partial charge in [0.2, 0.25) is 5.91 Å². The third-order valence-electron chi connectivity index (χ3n) is 7.00. The van der Waals surface area contributed by atoms with Crippen LogP contribution in [-0.2, 0) is 16.1 Å². The van der Waals surface area contributed by atoms with Gasteiger partial charge in [0, 0.05) is 25.2 Å². The summed E-state index contributed by atoms with van der Waals surface area (Å²) in [7, 11) is 3.22. The minimum Gasteiger partial charge on any atom is -0.496 e. The van der Waals surface area contributed by atoms with Crippen LogP contribution in [0, 0.1) is 0 Å². The molecule has 41 heavy (non-hydrogen) atoms. The predicted molar refractivity (Wildman–Crippen MR) is 156 cm³/mol. The van der Waals surface area contributed by atoms with Crippen molar-refractivity contribution in [1.82, 2.24) is 10.2 Å². The maximum Gasteiger partial charge on any atom is 0.410 e. The number of carboxylic acids is 1. The highest BCUT2D eigenvalue weighted by atomic mass is 16.6. The number of amides is 2. The lowest BCUT2D eigenvalue weighted by molar-refractivity contribution is -0.121. The highest BCUT2D eigenvalue weighted by molar-refractivity contribution is 6.01. The fourth-order valence-corrected chi connectivity index (χ4v) is 4.65. The molecule has 0 spiro atoms. The third-order valence-corrected chi connectivity index (χ3v) is 7.00. The molecule has 3 aromatic carbocycles. The van der Waals surface area contributed by atoms with Crippen LogP contribution < -0.4 is 19.7 Å². The number of rotatable bonds is 8. The largest absolute Gasteiger partial charge is 0.496 e. The van der Waals surface area contributed by atoms with Crippen LogP contribution in [0.4, 0.5) is 10.5 Å². The molecule has 10 heteroatoms. The van der Waals surface area contributed by atoms with Gasteiger partial charge >= 0.3 is 12.1 Å². The molecule has 0 saturated carbocycles. The number of aromatic carboxylic acids is 1. The Morgan fingerprint density at radius 1 is 1.17 bits per heavy atom. The van der Waals surface area contributed by atoms with Gasteiger partial charge in [-0.2, -0.15) is 0 Å². The van der Waals surface area contributed by atoms with Crippen molar-refractivity contribution in [3.05, 3.63) is 65.7 Å². The fraction of sp³-hybridized carbons (Fsp3) is 0.387. The highest BCUT2D eigenvalue weighted by Crippen LogP contribution is 2.36. The molecular weight excluding hydrogens is 526 g/mol. The van der Waals surface area contributed by atoms with Crippen molar-refractivity contribution < 1.29 is 33.7 Å². The standard InChI is InChI=1S/C31H37N3O7/c1-19(33(5)30(38)41-31(2,3)4)16-32-24-18-40-27-10-8-7-9-25(27)34(28(24)35)17-23-22-13-11-21(29(36)37)15-20(22)12-14-26(23)39-6/h7-15,19,24,32H,16-18H2,1-6H3,(H,36,37)/t19-,24-/m0/s1. The minimum atomic E-state index is -1.02. The molecule has 0 fully saturated rings. The first-order valence-electron chi connectivity index (χ1n) is 13.4. The molecule has 2 N–H and O–H groups in total. The lowest BCUT2D eigenvalue weighted by Gasteiger charge is -2.30. The Balaban J connectivity index is 1.63. The van der Waals surface area contributed by atoms with Crippen LogP contribution in [0.15, 0.2) is 54.6 Å². The molecule has 1 heterocycles. The minimum absolute atomic E-state index is 0.101. The highest BCUT2D eigenvalue weighted by Gasteiger charge is 2.33. The normalized spacial score (nSPS) is 15.9. The van der Waals surface area contributed by atoms with Crippen LogP contribution in [-0.4, -0.2) is 73.0 Å². The number of nitrogens with one attached hydrogen (secondary N) is 1. The molecule has 4 rings (SSSR count). The number of carbonyl (C=O) groups excluding carboxylic acids is 2. The summed E-state index contributed by atoms with van der Waals surface area (Å²) in [6, 6.07) is 14.8. The third kappa shape index (κ3) is 6.71. The second-order valence-corrected chi connectivity index (χ2v) is 11.1. The zero-order chi connectivity index (χ0) is 29.9. The van der Waals surface area contributed by atoms with Crippen LogP contribution in [0.2, 0.25) is 0 Å². The molecule has 0 bridgehead atoms. The molecule has 0 unspecified atom stereocenters. The van der Waals surface area contributed by atoms with E-state index in [4.69, 9.17) is 14.2 Å². The second kappa shape index (κ2) is 12.1. The van der Waals surface area contributed by atoms with Crippen LogP contribution >= 0.6 is 0 Å². The van der Waals surface area contributed by atoms with E-state index in [9.17, 15) is 19.5 Å². The van der Waals surface area contributed by atoms with Gasteiger partial charge in [-0.1, -0.05) is 24.3 Å². The van der Waals surface area contributed by atoms with E-state index in [2.05, 4.69) is 5.32 Å². The molecule has 3 aromatic rings. The number of hydrogen-bond acceptors (Lipinski definition) is 7. The monoisotopic (exact) mass is 563 g/mol. The molecule has 0 saturated heterocycles. The van der Waals surface area contributed by atoms with Gasteiger partial charge in [-0.3, -0.25) is 4.79 Å². The van der Waals surface area contributed by atoms with E-state index in [1.165, 1.54) is 4.90 Å². The van der Waals surface area contributed by atoms with Gasteiger partial charge < -0.3 is 34.4 Å². The number of carbonyl (C=O) groups is 3. The zero-order valence-corrected chi connectivity index (χ0v) is 24.3. The molecule has 0 aliphatic carbocycles.